The van der Waals surface area contributed by atoms with E-state index in [1.54, 1.807) is 12.1 Å². The molecule has 1 saturated carbocycles. The average molecular weight is 251 g/mol. The van der Waals surface area contributed by atoms with Crippen molar-refractivity contribution in [2.75, 3.05) is 19.7 Å². The Morgan fingerprint density at radius 2 is 2.11 bits per heavy atom. The molecule has 1 aliphatic rings. The fourth-order valence-corrected chi connectivity index (χ4v) is 2.22. The molecule has 0 unspecified atom stereocenters. The number of aliphatic hydroxyl groups is 1. The summed E-state index contributed by atoms with van der Waals surface area (Å²) in [5, 5.41) is 12.7. The van der Waals surface area contributed by atoms with Crippen LogP contribution in [0.15, 0.2) is 24.3 Å². The van der Waals surface area contributed by atoms with Crippen LogP contribution in [0.4, 0.5) is 4.39 Å². The summed E-state index contributed by atoms with van der Waals surface area (Å²) in [6, 6.07) is 6.78. The number of aliphatic hydroxyl groups excluding tert-OH is 1. The molecule has 0 saturated heterocycles. The minimum Gasteiger partial charge on any atom is -0.396 e. The predicted molar refractivity (Wildman–Crippen MR) is 71.0 cm³/mol. The minimum atomic E-state index is -0.186. The van der Waals surface area contributed by atoms with Gasteiger partial charge in [-0.1, -0.05) is 26.0 Å². The van der Waals surface area contributed by atoms with E-state index in [1.807, 2.05) is 6.07 Å². The van der Waals surface area contributed by atoms with Crippen molar-refractivity contribution in [3.8, 4) is 0 Å². The van der Waals surface area contributed by atoms with Crippen LogP contribution in [0.1, 0.15) is 32.3 Å². The van der Waals surface area contributed by atoms with Crippen molar-refractivity contribution >= 4 is 0 Å². The molecule has 2 N–H and O–H groups in total. The molecule has 18 heavy (non-hydrogen) atoms. The van der Waals surface area contributed by atoms with Crippen molar-refractivity contribution in [2.24, 2.45) is 5.41 Å². The molecule has 0 aromatic heterocycles. The minimum absolute atomic E-state index is 0.104. The van der Waals surface area contributed by atoms with E-state index in [1.165, 1.54) is 6.07 Å². The van der Waals surface area contributed by atoms with Crippen molar-refractivity contribution in [1.29, 1.82) is 0 Å². The molecule has 0 heterocycles. The molecule has 0 amide bonds. The SMILES string of the molecule is CC(C)(CNCC1(CO)CC1)c1cccc(F)c1. The van der Waals surface area contributed by atoms with E-state index < -0.39 is 0 Å². The molecule has 0 atom stereocenters. The largest absolute Gasteiger partial charge is 0.396 e. The molecule has 3 heteroatoms. The van der Waals surface area contributed by atoms with Gasteiger partial charge < -0.3 is 10.4 Å². The van der Waals surface area contributed by atoms with E-state index in [9.17, 15) is 9.50 Å². The third-order valence-electron chi connectivity index (χ3n) is 3.97. The van der Waals surface area contributed by atoms with Crippen LogP contribution in [0, 0.1) is 11.2 Å². The Hall–Kier alpha value is -0.930. The van der Waals surface area contributed by atoms with Crippen LogP contribution in [0.2, 0.25) is 0 Å². The van der Waals surface area contributed by atoms with Crippen molar-refractivity contribution in [2.45, 2.75) is 32.1 Å². The number of hydrogen-bond donors (Lipinski definition) is 2. The number of nitrogens with one attached hydrogen (secondary N) is 1. The normalized spacial score (nSPS) is 17.8. The first-order valence-electron chi connectivity index (χ1n) is 6.55. The van der Waals surface area contributed by atoms with Gasteiger partial charge in [-0.3, -0.25) is 0 Å². The van der Waals surface area contributed by atoms with Gasteiger partial charge in [-0.25, -0.2) is 4.39 Å². The lowest BCUT2D eigenvalue weighted by Crippen LogP contribution is -2.37. The fourth-order valence-electron chi connectivity index (χ4n) is 2.22. The van der Waals surface area contributed by atoms with E-state index in [0.717, 1.165) is 31.5 Å². The molecule has 100 valence electrons. The van der Waals surface area contributed by atoms with Crippen LogP contribution in [-0.2, 0) is 5.41 Å². The number of rotatable bonds is 6. The molecule has 1 aromatic rings. The van der Waals surface area contributed by atoms with Crippen molar-refractivity contribution in [3.05, 3.63) is 35.6 Å². The summed E-state index contributed by atoms with van der Waals surface area (Å²) in [4.78, 5) is 0. The number of benzene rings is 1. The lowest BCUT2D eigenvalue weighted by Gasteiger charge is -2.27. The zero-order valence-corrected chi connectivity index (χ0v) is 11.2. The zero-order chi connectivity index (χ0) is 13.2. The molecule has 1 fully saturated rings. The van der Waals surface area contributed by atoms with Gasteiger partial charge in [0.05, 0.1) is 0 Å². The van der Waals surface area contributed by atoms with Crippen LogP contribution in [0.5, 0.6) is 0 Å². The first-order chi connectivity index (χ1) is 8.47. The first kappa shape index (κ1) is 13.5. The second-order valence-corrected chi connectivity index (χ2v) is 6.16. The van der Waals surface area contributed by atoms with Gasteiger partial charge in [0, 0.05) is 30.5 Å². The number of halogens is 1. The van der Waals surface area contributed by atoms with Gasteiger partial charge in [-0.2, -0.15) is 0 Å². The average Bonchev–Trinajstić information content (AvgIpc) is 3.09. The topological polar surface area (TPSA) is 32.3 Å². The highest BCUT2D eigenvalue weighted by Crippen LogP contribution is 2.44. The molecule has 1 aromatic carbocycles. The molecule has 2 nitrogen and oxygen atoms in total. The highest BCUT2D eigenvalue weighted by molar-refractivity contribution is 5.24. The highest BCUT2D eigenvalue weighted by atomic mass is 19.1. The predicted octanol–water partition coefficient (Wildman–Crippen LogP) is 2.47. The van der Waals surface area contributed by atoms with Gasteiger partial charge >= 0.3 is 0 Å². The summed E-state index contributed by atoms with van der Waals surface area (Å²) in [7, 11) is 0. The van der Waals surface area contributed by atoms with Gasteiger partial charge in [0.25, 0.3) is 0 Å². The van der Waals surface area contributed by atoms with E-state index in [0.29, 0.717) is 0 Å². The first-order valence-corrected chi connectivity index (χ1v) is 6.55. The Kier molecular flexibility index (Phi) is 3.74. The maximum absolute atomic E-state index is 13.2. The van der Waals surface area contributed by atoms with Gasteiger partial charge in [0.1, 0.15) is 5.82 Å². The second kappa shape index (κ2) is 4.98. The second-order valence-electron chi connectivity index (χ2n) is 6.16. The molecule has 0 radical (unpaired) electrons. The monoisotopic (exact) mass is 251 g/mol. The van der Waals surface area contributed by atoms with Crippen LogP contribution < -0.4 is 5.32 Å². The maximum Gasteiger partial charge on any atom is 0.123 e. The van der Waals surface area contributed by atoms with E-state index in [2.05, 4.69) is 19.2 Å². The van der Waals surface area contributed by atoms with Crippen molar-refractivity contribution < 1.29 is 9.50 Å². The molecule has 2 rings (SSSR count). The van der Waals surface area contributed by atoms with Gasteiger partial charge in [0.15, 0.2) is 0 Å². The van der Waals surface area contributed by atoms with Crippen LogP contribution in [0.3, 0.4) is 0 Å². The smallest absolute Gasteiger partial charge is 0.123 e. The summed E-state index contributed by atoms with van der Waals surface area (Å²) in [6.07, 6.45) is 2.22. The molecule has 0 spiro atoms. The molecular weight excluding hydrogens is 229 g/mol. The standard InChI is InChI=1S/C15H22FNO/c1-14(2,12-4-3-5-13(16)8-12)9-17-10-15(11-18)6-7-15/h3-5,8,17-18H,6-7,9-11H2,1-2H3. The number of hydrogen-bond acceptors (Lipinski definition) is 2. The summed E-state index contributed by atoms with van der Waals surface area (Å²) in [5.41, 5.74) is 1.02. The lowest BCUT2D eigenvalue weighted by molar-refractivity contribution is 0.205. The summed E-state index contributed by atoms with van der Waals surface area (Å²) in [5.74, 6) is -0.186. The Morgan fingerprint density at radius 3 is 2.67 bits per heavy atom. The lowest BCUT2D eigenvalue weighted by atomic mass is 9.84. The van der Waals surface area contributed by atoms with Gasteiger partial charge in [-0.15, -0.1) is 0 Å². The van der Waals surface area contributed by atoms with E-state index in [4.69, 9.17) is 0 Å². The zero-order valence-electron chi connectivity index (χ0n) is 11.2. The van der Waals surface area contributed by atoms with E-state index >= 15 is 0 Å². The highest BCUT2D eigenvalue weighted by Gasteiger charge is 2.41. The van der Waals surface area contributed by atoms with Gasteiger partial charge in [0.2, 0.25) is 0 Å². The van der Waals surface area contributed by atoms with Gasteiger partial charge in [-0.05, 0) is 30.5 Å². The third kappa shape index (κ3) is 3.09. The molecule has 0 bridgehead atoms. The summed E-state index contributed by atoms with van der Waals surface area (Å²) in [6.45, 7) is 6.11. The molecular formula is C15H22FNO. The van der Waals surface area contributed by atoms with Crippen molar-refractivity contribution in [1.82, 2.24) is 5.32 Å². The van der Waals surface area contributed by atoms with Crippen molar-refractivity contribution in [3.63, 3.8) is 0 Å². The Balaban J connectivity index is 1.91. The molecule has 1 aliphatic carbocycles. The Bertz CT molecular complexity index is 413. The quantitative estimate of drug-likeness (QED) is 0.814. The molecule has 0 aliphatic heterocycles. The van der Waals surface area contributed by atoms with Crippen LogP contribution in [0.25, 0.3) is 0 Å². The Labute approximate surface area is 108 Å². The van der Waals surface area contributed by atoms with Crippen LogP contribution >= 0.6 is 0 Å². The Morgan fingerprint density at radius 1 is 1.39 bits per heavy atom. The summed E-state index contributed by atoms with van der Waals surface area (Å²) < 4.78 is 13.2. The van der Waals surface area contributed by atoms with E-state index in [-0.39, 0.29) is 23.3 Å². The van der Waals surface area contributed by atoms with Crippen LogP contribution in [-0.4, -0.2) is 24.8 Å². The fraction of sp³-hybridized carbons (Fsp3) is 0.600. The third-order valence-corrected chi connectivity index (χ3v) is 3.97. The maximum atomic E-state index is 13.2. The summed E-state index contributed by atoms with van der Waals surface area (Å²) >= 11 is 0.